The number of aryl methyl sites for hydroxylation is 1. The van der Waals surface area contributed by atoms with E-state index in [-0.39, 0.29) is 27.6 Å². The molecule has 2 N–H and O–H groups in total. The number of rotatable bonds is 9. The normalized spacial score (nSPS) is 16.3. The number of nitrogens with one attached hydrogen (secondary N) is 2. The van der Waals surface area contributed by atoms with Crippen LogP contribution in [-0.2, 0) is 26.1 Å². The summed E-state index contributed by atoms with van der Waals surface area (Å²) in [5, 5.41) is 3.40. The Kier molecular flexibility index (Phi) is 8.79. The molecular formula is C33H32Cl2N6O. The lowest BCUT2D eigenvalue weighted by molar-refractivity contribution is 0.0951. The maximum absolute atomic E-state index is 12.8. The molecule has 6 rings (SSSR count). The van der Waals surface area contributed by atoms with Gasteiger partial charge < -0.3 is 10.3 Å². The van der Waals surface area contributed by atoms with Crippen molar-refractivity contribution in [2.24, 2.45) is 0 Å². The topological polar surface area (TPSA) is 86.8 Å². The maximum Gasteiger partial charge on any atom is 0.254 e. The highest BCUT2D eigenvalue weighted by molar-refractivity contribution is 6.39. The molecule has 1 atom stereocenters. The molecule has 1 amide bonds. The number of benzene rings is 1. The molecule has 0 fully saturated rings. The van der Waals surface area contributed by atoms with Crippen LogP contribution in [-0.4, -0.2) is 30.7 Å². The Morgan fingerprint density at radius 1 is 1.02 bits per heavy atom. The molecule has 0 spiro atoms. The van der Waals surface area contributed by atoms with Crippen LogP contribution in [0.15, 0.2) is 79.4 Å². The fourth-order valence-corrected chi connectivity index (χ4v) is 6.35. The van der Waals surface area contributed by atoms with Crippen LogP contribution in [0.25, 0.3) is 5.57 Å². The lowest BCUT2D eigenvalue weighted by Crippen LogP contribution is -2.31. The standard InChI is InChI=1S/C33H32Cl2N6O/c34-27-18-36-19-28(35)30(27)33(42)39-16-22-7-4-8-23(15-22)20-41(29-13-5-11-24-12-6-14-37-31(24)29)21-26-17-38-32(40-26)25-9-2-1-3-10-25/h1-2,4,6-9,12,14-15,17-19,29H,3,5,10-11,13,16,20-21H2,(H,38,40)(H,39,42). The van der Waals surface area contributed by atoms with Gasteiger partial charge in [-0.2, -0.15) is 0 Å². The van der Waals surface area contributed by atoms with Crippen molar-refractivity contribution in [1.29, 1.82) is 0 Å². The molecule has 0 saturated heterocycles. The van der Waals surface area contributed by atoms with E-state index in [2.05, 4.69) is 56.6 Å². The van der Waals surface area contributed by atoms with Gasteiger partial charge >= 0.3 is 0 Å². The van der Waals surface area contributed by atoms with Crippen LogP contribution in [0.2, 0.25) is 10.0 Å². The van der Waals surface area contributed by atoms with Gasteiger partial charge in [0.25, 0.3) is 5.91 Å². The largest absolute Gasteiger partial charge is 0.348 e. The van der Waals surface area contributed by atoms with E-state index in [0.717, 1.165) is 73.5 Å². The van der Waals surface area contributed by atoms with Gasteiger partial charge in [-0.1, -0.05) is 71.8 Å². The molecule has 3 aromatic heterocycles. The van der Waals surface area contributed by atoms with Crippen LogP contribution in [0.4, 0.5) is 0 Å². The lowest BCUT2D eigenvalue weighted by atomic mass is 9.90. The Morgan fingerprint density at radius 2 is 1.88 bits per heavy atom. The van der Waals surface area contributed by atoms with Crippen molar-refractivity contribution in [2.45, 2.75) is 57.8 Å². The number of pyridine rings is 2. The van der Waals surface area contributed by atoms with Crippen molar-refractivity contribution in [1.82, 2.24) is 30.2 Å². The van der Waals surface area contributed by atoms with Crippen molar-refractivity contribution in [3.63, 3.8) is 0 Å². The number of allylic oxidation sites excluding steroid dienone is 4. The molecule has 0 aliphatic heterocycles. The molecule has 0 saturated carbocycles. The number of H-pyrrole nitrogens is 1. The minimum atomic E-state index is -0.331. The highest BCUT2D eigenvalue weighted by Crippen LogP contribution is 2.35. The molecule has 214 valence electrons. The van der Waals surface area contributed by atoms with Crippen LogP contribution in [0, 0.1) is 0 Å². The molecule has 42 heavy (non-hydrogen) atoms. The number of hydrogen-bond acceptors (Lipinski definition) is 5. The molecule has 2 aliphatic rings. The summed E-state index contributed by atoms with van der Waals surface area (Å²) >= 11 is 12.4. The van der Waals surface area contributed by atoms with Gasteiger partial charge in [0.05, 0.1) is 27.3 Å². The van der Waals surface area contributed by atoms with Gasteiger partial charge in [0.15, 0.2) is 0 Å². The number of nitrogens with zero attached hydrogens (tertiary/aromatic N) is 4. The molecule has 3 heterocycles. The fraction of sp³-hybridized carbons (Fsp3) is 0.273. The number of hydrogen-bond donors (Lipinski definition) is 2. The van der Waals surface area contributed by atoms with Crippen LogP contribution >= 0.6 is 23.2 Å². The van der Waals surface area contributed by atoms with Crippen LogP contribution in [0.1, 0.15) is 76.0 Å². The second kappa shape index (κ2) is 13.0. The molecule has 9 heteroatoms. The van der Waals surface area contributed by atoms with E-state index >= 15 is 0 Å². The maximum atomic E-state index is 12.8. The van der Waals surface area contributed by atoms with E-state index in [0.29, 0.717) is 6.54 Å². The Balaban J connectivity index is 1.22. The summed E-state index contributed by atoms with van der Waals surface area (Å²) in [7, 11) is 0. The predicted octanol–water partition coefficient (Wildman–Crippen LogP) is 7.25. The third-order valence-electron chi connectivity index (χ3n) is 7.84. The van der Waals surface area contributed by atoms with Crippen molar-refractivity contribution >= 4 is 34.7 Å². The smallest absolute Gasteiger partial charge is 0.254 e. The molecule has 0 bridgehead atoms. The quantitative estimate of drug-likeness (QED) is 0.212. The first kappa shape index (κ1) is 28.3. The zero-order chi connectivity index (χ0) is 28.9. The Bertz CT molecular complexity index is 1620. The van der Waals surface area contributed by atoms with Crippen LogP contribution in [0.5, 0.6) is 0 Å². The first-order chi connectivity index (χ1) is 20.5. The zero-order valence-electron chi connectivity index (χ0n) is 23.2. The van der Waals surface area contributed by atoms with Gasteiger partial charge in [0.1, 0.15) is 5.82 Å². The second-order valence-electron chi connectivity index (χ2n) is 10.8. The molecule has 1 aromatic carbocycles. The van der Waals surface area contributed by atoms with E-state index in [1.165, 1.54) is 23.5 Å². The second-order valence-corrected chi connectivity index (χ2v) is 11.6. The molecule has 0 radical (unpaired) electrons. The van der Waals surface area contributed by atoms with E-state index in [1.54, 1.807) is 0 Å². The summed E-state index contributed by atoms with van der Waals surface area (Å²) in [4.78, 5) is 32.4. The van der Waals surface area contributed by atoms with Gasteiger partial charge in [-0.05, 0) is 60.4 Å². The third kappa shape index (κ3) is 6.49. The third-order valence-corrected chi connectivity index (χ3v) is 8.41. The van der Waals surface area contributed by atoms with Crippen LogP contribution in [0.3, 0.4) is 0 Å². The van der Waals surface area contributed by atoms with E-state index in [4.69, 9.17) is 33.2 Å². The van der Waals surface area contributed by atoms with Crippen molar-refractivity contribution in [3.05, 3.63) is 129 Å². The zero-order valence-corrected chi connectivity index (χ0v) is 24.7. The first-order valence-electron chi connectivity index (χ1n) is 14.3. The summed E-state index contributed by atoms with van der Waals surface area (Å²) in [6.07, 6.45) is 18.4. The summed E-state index contributed by atoms with van der Waals surface area (Å²) in [6, 6.07) is 12.7. The van der Waals surface area contributed by atoms with Gasteiger partial charge in [0, 0.05) is 50.1 Å². The Labute approximate surface area is 255 Å². The minimum absolute atomic E-state index is 0.192. The average molecular weight is 600 g/mol. The van der Waals surface area contributed by atoms with Crippen LogP contribution < -0.4 is 5.32 Å². The van der Waals surface area contributed by atoms with Crippen molar-refractivity contribution < 1.29 is 4.79 Å². The number of imidazole rings is 1. The molecule has 4 aromatic rings. The fourth-order valence-electron chi connectivity index (χ4n) is 5.81. The number of aromatic amines is 1. The Hall–Kier alpha value is -3.78. The molecule has 7 nitrogen and oxygen atoms in total. The number of carbonyl (C=O) groups excluding carboxylic acids is 1. The van der Waals surface area contributed by atoms with Gasteiger partial charge in [-0.3, -0.25) is 19.7 Å². The van der Waals surface area contributed by atoms with Gasteiger partial charge in [-0.15, -0.1) is 0 Å². The lowest BCUT2D eigenvalue weighted by Gasteiger charge is -2.35. The van der Waals surface area contributed by atoms with E-state index in [9.17, 15) is 4.79 Å². The monoisotopic (exact) mass is 598 g/mol. The molecule has 1 unspecified atom stereocenters. The van der Waals surface area contributed by atoms with Crippen molar-refractivity contribution in [2.75, 3.05) is 0 Å². The molecular weight excluding hydrogens is 567 g/mol. The van der Waals surface area contributed by atoms with E-state index in [1.807, 2.05) is 30.6 Å². The first-order valence-corrected chi connectivity index (χ1v) is 15.0. The molecule has 2 aliphatic carbocycles. The predicted molar refractivity (Wildman–Crippen MR) is 166 cm³/mol. The number of fused-ring (bicyclic) bond motifs is 1. The van der Waals surface area contributed by atoms with Gasteiger partial charge in [-0.25, -0.2) is 4.98 Å². The number of amides is 1. The summed E-state index contributed by atoms with van der Waals surface area (Å²) < 4.78 is 0. The number of aromatic nitrogens is 4. The SMILES string of the molecule is O=C(NCc1cccc(CN(Cc2cnc(C3=CC=CCC3)[nH]2)C2CCCc3cccnc32)c1)c1c(Cl)cncc1Cl. The highest BCUT2D eigenvalue weighted by atomic mass is 35.5. The number of carbonyl (C=O) groups is 1. The number of halogens is 2. The van der Waals surface area contributed by atoms with Gasteiger partial charge in [0.2, 0.25) is 0 Å². The summed E-state index contributed by atoms with van der Waals surface area (Å²) in [5.41, 5.74) is 7.20. The summed E-state index contributed by atoms with van der Waals surface area (Å²) in [5.74, 6) is 0.617. The average Bonchev–Trinajstić information content (AvgIpc) is 3.49. The summed E-state index contributed by atoms with van der Waals surface area (Å²) in [6.45, 7) is 1.80. The van der Waals surface area contributed by atoms with Crippen molar-refractivity contribution in [3.8, 4) is 0 Å². The van der Waals surface area contributed by atoms with E-state index < -0.39 is 0 Å². The highest BCUT2D eigenvalue weighted by Gasteiger charge is 2.28. The minimum Gasteiger partial charge on any atom is -0.348 e. The Morgan fingerprint density at radius 3 is 2.71 bits per heavy atom.